The SMILES string of the molecule is Cc1ccc([C@H](CNC(=O)[C@H](C)n2ccnc2)N(C)C)cc1. The van der Waals surface area contributed by atoms with E-state index in [0.29, 0.717) is 6.54 Å². The molecule has 0 unspecified atom stereocenters. The minimum Gasteiger partial charge on any atom is -0.352 e. The number of aryl methyl sites for hydroxylation is 1. The summed E-state index contributed by atoms with van der Waals surface area (Å²) in [6.07, 6.45) is 5.14. The van der Waals surface area contributed by atoms with Crippen molar-refractivity contribution in [3.05, 3.63) is 54.1 Å². The van der Waals surface area contributed by atoms with E-state index < -0.39 is 0 Å². The Morgan fingerprint density at radius 2 is 2.00 bits per heavy atom. The first-order valence-corrected chi connectivity index (χ1v) is 7.47. The summed E-state index contributed by atoms with van der Waals surface area (Å²) in [6, 6.07) is 8.32. The van der Waals surface area contributed by atoms with Crippen LogP contribution in [0.5, 0.6) is 0 Å². The number of likely N-dealkylation sites (N-methyl/N-ethyl adjacent to an activating group) is 1. The number of hydrogen-bond acceptors (Lipinski definition) is 3. The summed E-state index contributed by atoms with van der Waals surface area (Å²) in [5, 5.41) is 3.04. The molecule has 0 spiro atoms. The third kappa shape index (κ3) is 3.95. The quantitative estimate of drug-likeness (QED) is 0.889. The van der Waals surface area contributed by atoms with E-state index in [9.17, 15) is 4.79 Å². The molecule has 0 saturated heterocycles. The van der Waals surface area contributed by atoms with Gasteiger partial charge in [-0.3, -0.25) is 4.79 Å². The van der Waals surface area contributed by atoms with Crippen LogP contribution in [0, 0.1) is 6.92 Å². The maximum absolute atomic E-state index is 12.3. The number of benzene rings is 1. The monoisotopic (exact) mass is 300 g/mol. The van der Waals surface area contributed by atoms with Crippen molar-refractivity contribution in [3.8, 4) is 0 Å². The smallest absolute Gasteiger partial charge is 0.242 e. The van der Waals surface area contributed by atoms with Gasteiger partial charge in [0.15, 0.2) is 0 Å². The molecule has 2 rings (SSSR count). The van der Waals surface area contributed by atoms with Crippen molar-refractivity contribution in [1.29, 1.82) is 0 Å². The lowest BCUT2D eigenvalue weighted by Gasteiger charge is -2.26. The van der Waals surface area contributed by atoms with Crippen LogP contribution in [0.25, 0.3) is 0 Å². The maximum Gasteiger partial charge on any atom is 0.242 e. The fourth-order valence-corrected chi connectivity index (χ4v) is 2.37. The Hall–Kier alpha value is -2.14. The molecular weight excluding hydrogens is 276 g/mol. The van der Waals surface area contributed by atoms with E-state index in [1.807, 2.05) is 21.0 Å². The highest BCUT2D eigenvalue weighted by Crippen LogP contribution is 2.18. The molecule has 2 aromatic rings. The van der Waals surface area contributed by atoms with Crippen molar-refractivity contribution in [2.24, 2.45) is 0 Å². The van der Waals surface area contributed by atoms with Crippen LogP contribution in [0.2, 0.25) is 0 Å². The fourth-order valence-electron chi connectivity index (χ4n) is 2.37. The molecule has 0 fully saturated rings. The first-order chi connectivity index (χ1) is 10.5. The first-order valence-electron chi connectivity index (χ1n) is 7.47. The Bertz CT molecular complexity index is 590. The Morgan fingerprint density at radius 1 is 1.32 bits per heavy atom. The number of nitrogens with one attached hydrogen (secondary N) is 1. The number of aromatic nitrogens is 2. The average molecular weight is 300 g/mol. The summed E-state index contributed by atoms with van der Waals surface area (Å²) in [7, 11) is 4.05. The lowest BCUT2D eigenvalue weighted by Crippen LogP contribution is -2.37. The molecule has 1 amide bonds. The largest absolute Gasteiger partial charge is 0.352 e. The van der Waals surface area contributed by atoms with Gasteiger partial charge in [-0.25, -0.2) is 4.98 Å². The molecule has 1 aromatic carbocycles. The zero-order valence-corrected chi connectivity index (χ0v) is 13.7. The van der Waals surface area contributed by atoms with Crippen LogP contribution in [0.3, 0.4) is 0 Å². The average Bonchev–Trinajstić information content (AvgIpc) is 3.02. The molecule has 0 aliphatic heterocycles. The van der Waals surface area contributed by atoms with E-state index in [2.05, 4.69) is 46.4 Å². The van der Waals surface area contributed by atoms with Gasteiger partial charge in [0, 0.05) is 18.9 Å². The summed E-state index contributed by atoms with van der Waals surface area (Å²) in [5.74, 6) is -0.00281. The van der Waals surface area contributed by atoms with Gasteiger partial charge in [0.2, 0.25) is 5.91 Å². The van der Waals surface area contributed by atoms with E-state index in [1.54, 1.807) is 23.3 Å². The van der Waals surface area contributed by atoms with E-state index in [4.69, 9.17) is 0 Å². The second-order valence-corrected chi connectivity index (χ2v) is 5.82. The number of rotatable bonds is 6. The molecule has 5 nitrogen and oxygen atoms in total. The van der Waals surface area contributed by atoms with Gasteiger partial charge in [-0.15, -0.1) is 0 Å². The zero-order valence-electron chi connectivity index (χ0n) is 13.7. The summed E-state index contributed by atoms with van der Waals surface area (Å²) in [6.45, 7) is 4.52. The highest BCUT2D eigenvalue weighted by atomic mass is 16.2. The molecule has 0 bridgehead atoms. The standard InChI is InChI=1S/C17H24N4O/c1-13-5-7-15(8-6-13)16(20(3)4)11-19-17(22)14(2)21-10-9-18-12-21/h5-10,12,14,16H,11H2,1-4H3,(H,19,22)/t14-,16-/m0/s1. The third-order valence-corrected chi connectivity index (χ3v) is 3.91. The maximum atomic E-state index is 12.3. The molecule has 1 aromatic heterocycles. The van der Waals surface area contributed by atoms with Crippen molar-refractivity contribution in [2.75, 3.05) is 20.6 Å². The molecule has 118 valence electrons. The third-order valence-electron chi connectivity index (χ3n) is 3.91. The molecule has 5 heteroatoms. The lowest BCUT2D eigenvalue weighted by molar-refractivity contribution is -0.124. The van der Waals surface area contributed by atoms with Crippen molar-refractivity contribution in [2.45, 2.75) is 25.9 Å². The number of hydrogen-bond donors (Lipinski definition) is 1. The predicted octanol–water partition coefficient (Wildman–Crippen LogP) is 2.17. The Labute approximate surface area is 132 Å². The van der Waals surface area contributed by atoms with Crippen LogP contribution in [-0.2, 0) is 4.79 Å². The van der Waals surface area contributed by atoms with Crippen LogP contribution < -0.4 is 5.32 Å². The van der Waals surface area contributed by atoms with Gasteiger partial charge >= 0.3 is 0 Å². The summed E-state index contributed by atoms with van der Waals surface area (Å²) in [4.78, 5) is 18.4. The van der Waals surface area contributed by atoms with Crippen molar-refractivity contribution >= 4 is 5.91 Å². The number of amides is 1. The molecular formula is C17H24N4O. The van der Waals surface area contributed by atoms with Gasteiger partial charge < -0.3 is 14.8 Å². The second kappa shape index (κ2) is 7.22. The fraction of sp³-hybridized carbons (Fsp3) is 0.412. The molecule has 0 aliphatic carbocycles. The Balaban J connectivity index is 2.00. The van der Waals surface area contributed by atoms with Crippen molar-refractivity contribution < 1.29 is 4.79 Å². The molecule has 0 saturated carbocycles. The topological polar surface area (TPSA) is 50.2 Å². The van der Waals surface area contributed by atoms with Gasteiger partial charge in [-0.05, 0) is 33.5 Å². The second-order valence-electron chi connectivity index (χ2n) is 5.82. The van der Waals surface area contributed by atoms with Gasteiger partial charge in [0.1, 0.15) is 6.04 Å². The van der Waals surface area contributed by atoms with Crippen LogP contribution in [0.4, 0.5) is 0 Å². The van der Waals surface area contributed by atoms with Crippen molar-refractivity contribution in [1.82, 2.24) is 19.8 Å². The minimum atomic E-state index is -0.261. The zero-order chi connectivity index (χ0) is 16.1. The molecule has 1 N–H and O–H groups in total. The Morgan fingerprint density at radius 3 is 2.55 bits per heavy atom. The minimum absolute atomic E-state index is 0.00281. The summed E-state index contributed by atoms with van der Waals surface area (Å²) in [5.41, 5.74) is 2.44. The van der Waals surface area contributed by atoms with E-state index >= 15 is 0 Å². The normalized spacial score (nSPS) is 13.9. The van der Waals surface area contributed by atoms with Gasteiger partial charge in [-0.2, -0.15) is 0 Å². The van der Waals surface area contributed by atoms with Gasteiger partial charge in [0.05, 0.1) is 12.4 Å². The van der Waals surface area contributed by atoms with E-state index in [1.165, 1.54) is 11.1 Å². The van der Waals surface area contributed by atoms with E-state index in [-0.39, 0.29) is 18.0 Å². The van der Waals surface area contributed by atoms with Crippen LogP contribution in [0.1, 0.15) is 30.1 Å². The van der Waals surface area contributed by atoms with Crippen LogP contribution in [-0.4, -0.2) is 41.0 Å². The highest BCUT2D eigenvalue weighted by Gasteiger charge is 2.18. The molecule has 0 aliphatic rings. The first kappa shape index (κ1) is 16.2. The summed E-state index contributed by atoms with van der Waals surface area (Å²) >= 11 is 0. The van der Waals surface area contributed by atoms with E-state index in [0.717, 1.165) is 0 Å². The van der Waals surface area contributed by atoms with Gasteiger partial charge in [-0.1, -0.05) is 29.8 Å². The number of carbonyl (C=O) groups excluding carboxylic acids is 1. The van der Waals surface area contributed by atoms with Gasteiger partial charge in [0.25, 0.3) is 0 Å². The molecule has 0 radical (unpaired) electrons. The lowest BCUT2D eigenvalue weighted by atomic mass is 10.0. The predicted molar refractivity (Wildman–Crippen MR) is 87.6 cm³/mol. The van der Waals surface area contributed by atoms with Crippen molar-refractivity contribution in [3.63, 3.8) is 0 Å². The molecule has 2 atom stereocenters. The number of nitrogens with zero attached hydrogens (tertiary/aromatic N) is 3. The molecule has 1 heterocycles. The summed E-state index contributed by atoms with van der Waals surface area (Å²) < 4.78 is 1.80. The highest BCUT2D eigenvalue weighted by molar-refractivity contribution is 5.79. The number of carbonyl (C=O) groups is 1. The Kier molecular flexibility index (Phi) is 5.33. The van der Waals surface area contributed by atoms with Crippen LogP contribution >= 0.6 is 0 Å². The molecule has 22 heavy (non-hydrogen) atoms. The van der Waals surface area contributed by atoms with Crippen LogP contribution in [0.15, 0.2) is 43.0 Å². The number of imidazole rings is 1.